The van der Waals surface area contributed by atoms with E-state index in [-0.39, 0.29) is 5.97 Å². The van der Waals surface area contributed by atoms with E-state index in [2.05, 4.69) is 24.3 Å². The van der Waals surface area contributed by atoms with Gasteiger partial charge in [0.15, 0.2) is 0 Å². The van der Waals surface area contributed by atoms with Crippen LogP contribution in [0.5, 0.6) is 0 Å². The maximum absolute atomic E-state index is 11.3. The van der Waals surface area contributed by atoms with E-state index in [1.54, 1.807) is 0 Å². The van der Waals surface area contributed by atoms with Crippen LogP contribution in [0.25, 0.3) is 0 Å². The largest absolute Gasteiger partial charge is 0.466 e. The standard InChI is InChI=1S/C14H16O2/c1-16-14(15)13-9-7-12(8-10-13)11-5-3-2-4-6-11/h2-6,9,12H,7-8,10H2,1H3. The second kappa shape index (κ2) is 4.97. The molecule has 84 valence electrons. The lowest BCUT2D eigenvalue weighted by atomic mass is 9.85. The number of hydrogen-bond donors (Lipinski definition) is 0. The minimum atomic E-state index is -0.175. The minimum Gasteiger partial charge on any atom is -0.466 e. The highest BCUT2D eigenvalue weighted by molar-refractivity contribution is 5.88. The van der Waals surface area contributed by atoms with E-state index in [1.807, 2.05) is 12.1 Å². The molecule has 0 saturated carbocycles. The number of carbonyl (C=O) groups is 1. The summed E-state index contributed by atoms with van der Waals surface area (Å²) in [4.78, 5) is 11.3. The summed E-state index contributed by atoms with van der Waals surface area (Å²) in [6.45, 7) is 0. The Morgan fingerprint density at radius 1 is 1.31 bits per heavy atom. The van der Waals surface area contributed by atoms with Gasteiger partial charge < -0.3 is 4.74 Å². The zero-order valence-electron chi connectivity index (χ0n) is 9.48. The zero-order chi connectivity index (χ0) is 11.4. The van der Waals surface area contributed by atoms with Crippen LogP contribution in [0.3, 0.4) is 0 Å². The molecule has 1 aliphatic carbocycles. The fourth-order valence-electron chi connectivity index (χ4n) is 2.18. The third kappa shape index (κ3) is 2.32. The Bertz CT molecular complexity index is 392. The molecule has 0 amide bonds. The number of allylic oxidation sites excluding steroid dienone is 1. The van der Waals surface area contributed by atoms with Crippen LogP contribution in [0.4, 0.5) is 0 Å². The molecule has 2 heteroatoms. The SMILES string of the molecule is COC(=O)C1=CCC(c2ccccc2)CC1. The van der Waals surface area contributed by atoms with Crippen molar-refractivity contribution < 1.29 is 9.53 Å². The summed E-state index contributed by atoms with van der Waals surface area (Å²) in [5.41, 5.74) is 2.19. The van der Waals surface area contributed by atoms with Gasteiger partial charge in [-0.15, -0.1) is 0 Å². The maximum Gasteiger partial charge on any atom is 0.333 e. The highest BCUT2D eigenvalue weighted by atomic mass is 16.5. The molecular formula is C14H16O2. The number of methoxy groups -OCH3 is 1. The first kappa shape index (κ1) is 10.9. The van der Waals surface area contributed by atoms with Gasteiger partial charge in [0, 0.05) is 5.57 Å². The van der Waals surface area contributed by atoms with Gasteiger partial charge in [-0.25, -0.2) is 4.79 Å². The van der Waals surface area contributed by atoms with Crippen LogP contribution in [0, 0.1) is 0 Å². The van der Waals surface area contributed by atoms with Crippen molar-refractivity contribution >= 4 is 5.97 Å². The minimum absolute atomic E-state index is 0.175. The van der Waals surface area contributed by atoms with Crippen molar-refractivity contribution in [2.45, 2.75) is 25.2 Å². The molecule has 1 atom stereocenters. The van der Waals surface area contributed by atoms with Crippen LogP contribution < -0.4 is 0 Å². The third-order valence-electron chi connectivity index (χ3n) is 3.13. The van der Waals surface area contributed by atoms with Gasteiger partial charge in [0.05, 0.1) is 7.11 Å². The summed E-state index contributed by atoms with van der Waals surface area (Å²) in [5, 5.41) is 0. The second-order valence-corrected chi connectivity index (χ2v) is 4.10. The number of carbonyl (C=O) groups excluding carboxylic acids is 1. The van der Waals surface area contributed by atoms with Gasteiger partial charge in [-0.05, 0) is 30.7 Å². The Balaban J connectivity index is 2.05. The molecule has 16 heavy (non-hydrogen) atoms. The Labute approximate surface area is 95.9 Å². The molecule has 0 radical (unpaired) electrons. The summed E-state index contributed by atoms with van der Waals surface area (Å²) >= 11 is 0. The summed E-state index contributed by atoms with van der Waals surface area (Å²) in [7, 11) is 1.44. The van der Waals surface area contributed by atoms with E-state index in [0.29, 0.717) is 5.92 Å². The molecule has 0 spiro atoms. The molecule has 0 aliphatic heterocycles. The zero-order valence-corrected chi connectivity index (χ0v) is 9.48. The molecule has 1 unspecified atom stereocenters. The quantitative estimate of drug-likeness (QED) is 0.710. The van der Waals surface area contributed by atoms with Crippen LogP contribution in [-0.4, -0.2) is 13.1 Å². The van der Waals surface area contributed by atoms with Crippen molar-refractivity contribution in [2.24, 2.45) is 0 Å². The maximum atomic E-state index is 11.3. The summed E-state index contributed by atoms with van der Waals surface area (Å²) < 4.78 is 4.72. The summed E-state index contributed by atoms with van der Waals surface area (Å²) in [6.07, 6.45) is 4.82. The van der Waals surface area contributed by atoms with Crippen LogP contribution in [0.1, 0.15) is 30.7 Å². The van der Waals surface area contributed by atoms with Gasteiger partial charge in [-0.1, -0.05) is 36.4 Å². The first-order valence-electron chi connectivity index (χ1n) is 5.63. The van der Waals surface area contributed by atoms with Crippen molar-refractivity contribution in [1.29, 1.82) is 0 Å². The van der Waals surface area contributed by atoms with Crippen molar-refractivity contribution in [3.8, 4) is 0 Å². The second-order valence-electron chi connectivity index (χ2n) is 4.10. The van der Waals surface area contributed by atoms with E-state index >= 15 is 0 Å². The fourth-order valence-corrected chi connectivity index (χ4v) is 2.18. The fraction of sp³-hybridized carbons (Fsp3) is 0.357. The van der Waals surface area contributed by atoms with Crippen LogP contribution in [0.2, 0.25) is 0 Å². The van der Waals surface area contributed by atoms with E-state index < -0.39 is 0 Å². The number of ether oxygens (including phenoxy) is 1. The average Bonchev–Trinajstić information content (AvgIpc) is 2.39. The monoisotopic (exact) mass is 216 g/mol. The Kier molecular flexibility index (Phi) is 3.40. The van der Waals surface area contributed by atoms with Gasteiger partial charge in [0.1, 0.15) is 0 Å². The van der Waals surface area contributed by atoms with Crippen molar-refractivity contribution in [2.75, 3.05) is 7.11 Å². The molecule has 0 aromatic heterocycles. The van der Waals surface area contributed by atoms with E-state index in [0.717, 1.165) is 24.8 Å². The first-order chi connectivity index (χ1) is 7.81. The first-order valence-corrected chi connectivity index (χ1v) is 5.63. The van der Waals surface area contributed by atoms with E-state index in [4.69, 9.17) is 4.74 Å². The molecule has 0 heterocycles. The number of benzene rings is 1. The highest BCUT2D eigenvalue weighted by Gasteiger charge is 2.19. The summed E-state index contributed by atoms with van der Waals surface area (Å²) in [5.74, 6) is 0.376. The lowest BCUT2D eigenvalue weighted by molar-refractivity contribution is -0.136. The van der Waals surface area contributed by atoms with Crippen molar-refractivity contribution in [3.63, 3.8) is 0 Å². The van der Waals surface area contributed by atoms with Crippen LogP contribution in [-0.2, 0) is 9.53 Å². The average molecular weight is 216 g/mol. The topological polar surface area (TPSA) is 26.3 Å². The number of esters is 1. The summed E-state index contributed by atoms with van der Waals surface area (Å²) in [6, 6.07) is 10.5. The van der Waals surface area contributed by atoms with Gasteiger partial charge in [0.2, 0.25) is 0 Å². The Hall–Kier alpha value is -1.57. The molecule has 1 aliphatic rings. The lowest BCUT2D eigenvalue weighted by Crippen LogP contribution is -2.11. The predicted molar refractivity (Wildman–Crippen MR) is 63.1 cm³/mol. The van der Waals surface area contributed by atoms with Crippen LogP contribution >= 0.6 is 0 Å². The normalized spacial score (nSPS) is 20.1. The molecule has 0 saturated heterocycles. The molecule has 0 fully saturated rings. The van der Waals surface area contributed by atoms with Crippen molar-refractivity contribution in [3.05, 3.63) is 47.5 Å². The Morgan fingerprint density at radius 3 is 2.62 bits per heavy atom. The highest BCUT2D eigenvalue weighted by Crippen LogP contribution is 2.32. The van der Waals surface area contributed by atoms with E-state index in [9.17, 15) is 4.79 Å². The number of rotatable bonds is 2. The predicted octanol–water partition coefficient (Wildman–Crippen LogP) is 3.05. The molecule has 0 N–H and O–H groups in total. The van der Waals surface area contributed by atoms with Gasteiger partial charge in [-0.2, -0.15) is 0 Å². The van der Waals surface area contributed by atoms with Crippen LogP contribution in [0.15, 0.2) is 42.0 Å². The van der Waals surface area contributed by atoms with Crippen molar-refractivity contribution in [1.82, 2.24) is 0 Å². The van der Waals surface area contributed by atoms with Gasteiger partial charge in [0.25, 0.3) is 0 Å². The smallest absolute Gasteiger partial charge is 0.333 e. The van der Waals surface area contributed by atoms with E-state index in [1.165, 1.54) is 12.7 Å². The Morgan fingerprint density at radius 2 is 2.06 bits per heavy atom. The molecule has 1 aromatic rings. The van der Waals surface area contributed by atoms with Gasteiger partial charge in [-0.3, -0.25) is 0 Å². The third-order valence-corrected chi connectivity index (χ3v) is 3.13. The molecule has 1 aromatic carbocycles. The lowest BCUT2D eigenvalue weighted by Gasteiger charge is -2.21. The number of hydrogen-bond acceptors (Lipinski definition) is 2. The molecule has 0 bridgehead atoms. The molecular weight excluding hydrogens is 200 g/mol. The molecule has 2 nitrogen and oxygen atoms in total. The molecule has 2 rings (SSSR count). The van der Waals surface area contributed by atoms with Gasteiger partial charge >= 0.3 is 5.97 Å².